The molecule has 1 aromatic heterocycles. The summed E-state index contributed by atoms with van der Waals surface area (Å²) in [6.45, 7) is 0. The number of hydrogen-bond donors (Lipinski definition) is 2. The van der Waals surface area contributed by atoms with Gasteiger partial charge in [-0.2, -0.15) is 0 Å². The summed E-state index contributed by atoms with van der Waals surface area (Å²) < 4.78 is 15.9. The molecule has 9 heteroatoms. The van der Waals surface area contributed by atoms with Crippen LogP contribution in [0.3, 0.4) is 0 Å². The van der Waals surface area contributed by atoms with Gasteiger partial charge in [0.2, 0.25) is 11.7 Å². The molecule has 1 heterocycles. The Balaban J connectivity index is 1.70. The predicted octanol–water partition coefficient (Wildman–Crippen LogP) is 3.27. The van der Waals surface area contributed by atoms with Gasteiger partial charge in [0.15, 0.2) is 16.7 Å². The number of rotatable bonds is 9. The van der Waals surface area contributed by atoms with Crippen LogP contribution >= 0.6 is 11.8 Å². The largest absolute Gasteiger partial charge is 0.493 e. The third kappa shape index (κ3) is 6.02. The highest BCUT2D eigenvalue weighted by Crippen LogP contribution is 2.39. The molecule has 8 nitrogen and oxygen atoms in total. The molecule has 0 aliphatic rings. The summed E-state index contributed by atoms with van der Waals surface area (Å²) in [5, 5.41) is 3.24. The van der Waals surface area contributed by atoms with Crippen LogP contribution in [0.2, 0.25) is 0 Å². The number of anilines is 1. The van der Waals surface area contributed by atoms with Crippen molar-refractivity contribution >= 4 is 23.4 Å². The Morgan fingerprint density at radius 2 is 1.71 bits per heavy atom. The number of aromatic nitrogens is 2. The molecular weight excluding hydrogens is 418 g/mol. The number of H-pyrrole nitrogens is 1. The number of hydrogen-bond acceptors (Lipinski definition) is 7. The van der Waals surface area contributed by atoms with Crippen LogP contribution in [-0.2, 0) is 17.0 Å². The maximum Gasteiger partial charge on any atom is 0.251 e. The minimum absolute atomic E-state index is 0.0561. The van der Waals surface area contributed by atoms with Gasteiger partial charge in [0.25, 0.3) is 5.56 Å². The van der Waals surface area contributed by atoms with E-state index in [0.29, 0.717) is 39.5 Å². The second kappa shape index (κ2) is 10.5. The number of ether oxygens (including phenoxy) is 3. The van der Waals surface area contributed by atoms with Gasteiger partial charge in [-0.25, -0.2) is 4.98 Å². The molecule has 0 atom stereocenters. The van der Waals surface area contributed by atoms with Crippen LogP contribution in [0.15, 0.2) is 58.5 Å². The van der Waals surface area contributed by atoms with Gasteiger partial charge >= 0.3 is 0 Å². The van der Waals surface area contributed by atoms with E-state index >= 15 is 0 Å². The maximum absolute atomic E-state index is 12.6. The highest BCUT2D eigenvalue weighted by molar-refractivity contribution is 7.98. The third-order valence-corrected chi connectivity index (χ3v) is 5.23. The maximum atomic E-state index is 12.6. The summed E-state index contributed by atoms with van der Waals surface area (Å²) in [5.74, 6) is 1.60. The lowest BCUT2D eigenvalue weighted by Gasteiger charge is -2.14. The van der Waals surface area contributed by atoms with Crippen LogP contribution in [0, 0.1) is 0 Å². The molecule has 31 heavy (non-hydrogen) atoms. The van der Waals surface area contributed by atoms with Gasteiger partial charge in [0.05, 0.1) is 33.4 Å². The molecule has 3 aromatic rings. The van der Waals surface area contributed by atoms with Gasteiger partial charge in [-0.3, -0.25) is 9.59 Å². The topological polar surface area (TPSA) is 103 Å². The average Bonchev–Trinajstić information content (AvgIpc) is 2.77. The first-order chi connectivity index (χ1) is 15.0. The molecule has 162 valence electrons. The lowest BCUT2D eigenvalue weighted by molar-refractivity contribution is -0.115. The summed E-state index contributed by atoms with van der Waals surface area (Å²) in [5.41, 5.74) is 1.66. The van der Waals surface area contributed by atoms with Crippen molar-refractivity contribution in [3.05, 3.63) is 70.1 Å². The average molecular weight is 442 g/mol. The fraction of sp³-hybridized carbons (Fsp3) is 0.227. The molecular formula is C22H23N3O5S. The molecule has 3 rings (SSSR count). The number of nitrogens with zero attached hydrogens (tertiary/aromatic N) is 1. The summed E-state index contributed by atoms with van der Waals surface area (Å²) in [7, 11) is 4.50. The van der Waals surface area contributed by atoms with Crippen molar-refractivity contribution in [2.75, 3.05) is 26.6 Å². The number of nitrogens with one attached hydrogen (secondary N) is 2. The van der Waals surface area contributed by atoms with E-state index < -0.39 is 0 Å². The van der Waals surface area contributed by atoms with E-state index in [4.69, 9.17) is 14.2 Å². The number of benzene rings is 2. The number of carbonyl (C=O) groups is 1. The number of amides is 1. The molecule has 1 amide bonds. The second-order valence-electron chi connectivity index (χ2n) is 6.46. The minimum Gasteiger partial charge on any atom is -0.493 e. The fourth-order valence-electron chi connectivity index (χ4n) is 2.89. The molecule has 0 radical (unpaired) electrons. The molecule has 0 aliphatic carbocycles. The SMILES string of the molecule is COc1cc(NC(=O)Cc2cc(=O)[nH]c(SCc3ccccc3)n2)cc(OC)c1OC. The summed E-state index contributed by atoms with van der Waals surface area (Å²) >= 11 is 1.40. The zero-order valence-corrected chi connectivity index (χ0v) is 18.2. The smallest absolute Gasteiger partial charge is 0.251 e. The Bertz CT molecular complexity index is 1080. The quantitative estimate of drug-likeness (QED) is 0.388. The van der Waals surface area contributed by atoms with Crippen molar-refractivity contribution in [1.29, 1.82) is 0 Å². The van der Waals surface area contributed by atoms with Crippen molar-refractivity contribution in [1.82, 2.24) is 9.97 Å². The lowest BCUT2D eigenvalue weighted by Crippen LogP contribution is -2.18. The van der Waals surface area contributed by atoms with Gasteiger partial charge < -0.3 is 24.5 Å². The predicted molar refractivity (Wildman–Crippen MR) is 119 cm³/mol. The van der Waals surface area contributed by atoms with Gasteiger partial charge in [0, 0.05) is 29.6 Å². The van der Waals surface area contributed by atoms with Crippen molar-refractivity contribution in [2.45, 2.75) is 17.3 Å². The van der Waals surface area contributed by atoms with Crippen molar-refractivity contribution in [3.63, 3.8) is 0 Å². The lowest BCUT2D eigenvalue weighted by atomic mass is 10.2. The zero-order valence-electron chi connectivity index (χ0n) is 17.4. The highest BCUT2D eigenvalue weighted by atomic mass is 32.2. The number of carbonyl (C=O) groups excluding carboxylic acids is 1. The van der Waals surface area contributed by atoms with Gasteiger partial charge in [-0.05, 0) is 5.56 Å². The van der Waals surface area contributed by atoms with Gasteiger partial charge in [-0.1, -0.05) is 42.1 Å². The molecule has 0 saturated carbocycles. The minimum atomic E-state index is -0.327. The van der Waals surface area contributed by atoms with E-state index in [-0.39, 0.29) is 17.9 Å². The number of thioether (sulfide) groups is 1. The standard InChI is InChI=1S/C22H23N3O5S/c1-28-17-9-15(10-18(29-2)21(17)30-3)23-19(26)11-16-12-20(27)25-22(24-16)31-13-14-7-5-4-6-8-14/h4-10,12H,11,13H2,1-3H3,(H,23,26)(H,24,25,27). The van der Waals surface area contributed by atoms with Crippen LogP contribution in [0.5, 0.6) is 17.2 Å². The molecule has 0 bridgehead atoms. The highest BCUT2D eigenvalue weighted by Gasteiger charge is 2.15. The molecule has 0 aliphatic heterocycles. The van der Waals surface area contributed by atoms with Crippen LogP contribution in [0.1, 0.15) is 11.3 Å². The Morgan fingerprint density at radius 1 is 1.03 bits per heavy atom. The Kier molecular flexibility index (Phi) is 7.55. The third-order valence-electron chi connectivity index (χ3n) is 4.28. The molecule has 2 aromatic carbocycles. The molecule has 0 fully saturated rings. The van der Waals surface area contributed by atoms with Crippen LogP contribution in [-0.4, -0.2) is 37.2 Å². The van der Waals surface area contributed by atoms with E-state index in [9.17, 15) is 9.59 Å². The molecule has 2 N–H and O–H groups in total. The van der Waals surface area contributed by atoms with Crippen LogP contribution in [0.4, 0.5) is 5.69 Å². The number of aromatic amines is 1. The van der Waals surface area contributed by atoms with E-state index in [1.807, 2.05) is 30.3 Å². The fourth-order valence-corrected chi connectivity index (χ4v) is 3.74. The first kappa shape index (κ1) is 22.2. The first-order valence-electron chi connectivity index (χ1n) is 9.39. The first-order valence-corrected chi connectivity index (χ1v) is 10.4. The Labute approximate surface area is 184 Å². The van der Waals surface area contributed by atoms with E-state index in [1.165, 1.54) is 39.2 Å². The second-order valence-corrected chi connectivity index (χ2v) is 7.42. The van der Waals surface area contributed by atoms with E-state index in [1.54, 1.807) is 12.1 Å². The Morgan fingerprint density at radius 3 is 2.32 bits per heavy atom. The van der Waals surface area contributed by atoms with E-state index in [2.05, 4.69) is 15.3 Å². The molecule has 0 saturated heterocycles. The van der Waals surface area contributed by atoms with Gasteiger partial charge in [-0.15, -0.1) is 0 Å². The Hall–Kier alpha value is -3.46. The van der Waals surface area contributed by atoms with Crippen molar-refractivity contribution < 1.29 is 19.0 Å². The molecule has 0 spiro atoms. The summed E-state index contributed by atoms with van der Waals surface area (Å²) in [6.07, 6.45) is -0.0561. The van der Waals surface area contributed by atoms with Crippen molar-refractivity contribution in [3.8, 4) is 17.2 Å². The monoisotopic (exact) mass is 441 g/mol. The number of methoxy groups -OCH3 is 3. The zero-order chi connectivity index (χ0) is 22.2. The van der Waals surface area contributed by atoms with Gasteiger partial charge in [0.1, 0.15) is 0 Å². The van der Waals surface area contributed by atoms with Crippen molar-refractivity contribution in [2.24, 2.45) is 0 Å². The summed E-state index contributed by atoms with van der Waals surface area (Å²) in [6, 6.07) is 14.4. The van der Waals surface area contributed by atoms with Crippen LogP contribution < -0.4 is 25.1 Å². The molecule has 0 unspecified atom stereocenters. The van der Waals surface area contributed by atoms with Crippen LogP contribution in [0.25, 0.3) is 0 Å². The van der Waals surface area contributed by atoms with E-state index in [0.717, 1.165) is 5.56 Å². The summed E-state index contributed by atoms with van der Waals surface area (Å²) in [4.78, 5) is 31.7. The normalized spacial score (nSPS) is 10.4.